The number of benzene rings is 2. The topological polar surface area (TPSA) is 107 Å². The monoisotopic (exact) mass is 434 g/mol. The van der Waals surface area contributed by atoms with Crippen molar-refractivity contribution in [3.05, 3.63) is 54.2 Å². The lowest BCUT2D eigenvalue weighted by Gasteiger charge is -2.28. The van der Waals surface area contributed by atoms with Gasteiger partial charge in [0.15, 0.2) is 6.10 Å². The van der Waals surface area contributed by atoms with Crippen LogP contribution in [0, 0.1) is 6.92 Å². The fourth-order valence-electron chi connectivity index (χ4n) is 3.76. The van der Waals surface area contributed by atoms with E-state index in [0.717, 1.165) is 22.0 Å². The van der Waals surface area contributed by atoms with E-state index < -0.39 is 6.10 Å². The van der Waals surface area contributed by atoms with Crippen LogP contribution in [0.5, 0.6) is 5.75 Å². The van der Waals surface area contributed by atoms with Crippen LogP contribution in [0.1, 0.15) is 18.9 Å². The third-order valence-electron chi connectivity index (χ3n) is 5.45. The number of fused-ring (bicyclic) bond motifs is 1. The molecule has 8 nitrogen and oxygen atoms in total. The standard InChI is InChI=1S/C24H26N4O4/c1-3-21(32-18-6-4-16-8-9-26-23(25)19(16)13-18)24(30)27-17-5-7-20(15(2)12-17)28-10-11-31-14-22(28)29/h4-9,12-13,21H,3,10-11,14H2,1-2H3,(H2,25,26)(H,27,30). The second-order valence-electron chi connectivity index (χ2n) is 7.68. The molecule has 2 amide bonds. The highest BCUT2D eigenvalue weighted by molar-refractivity contribution is 5.97. The first-order valence-electron chi connectivity index (χ1n) is 10.6. The van der Waals surface area contributed by atoms with E-state index in [1.165, 1.54) is 0 Å². The Bertz CT molecular complexity index is 1160. The summed E-state index contributed by atoms with van der Waals surface area (Å²) in [5, 5.41) is 4.65. The number of anilines is 3. The van der Waals surface area contributed by atoms with Gasteiger partial charge in [0.05, 0.1) is 6.61 Å². The molecule has 0 radical (unpaired) electrons. The minimum atomic E-state index is -0.675. The number of ether oxygens (including phenoxy) is 2. The highest BCUT2D eigenvalue weighted by Gasteiger charge is 2.23. The number of amides is 2. The second kappa shape index (κ2) is 9.23. The lowest BCUT2D eigenvalue weighted by molar-refractivity contribution is -0.125. The number of nitrogen functional groups attached to an aromatic ring is 1. The quantitative estimate of drug-likeness (QED) is 0.617. The molecule has 1 saturated heterocycles. The summed E-state index contributed by atoms with van der Waals surface area (Å²) in [6.45, 7) is 4.91. The van der Waals surface area contributed by atoms with Crippen LogP contribution in [0.3, 0.4) is 0 Å². The Kier molecular flexibility index (Phi) is 6.23. The van der Waals surface area contributed by atoms with Gasteiger partial charge in [-0.25, -0.2) is 4.98 Å². The summed E-state index contributed by atoms with van der Waals surface area (Å²) in [5.41, 5.74) is 8.32. The van der Waals surface area contributed by atoms with Crippen LogP contribution >= 0.6 is 0 Å². The smallest absolute Gasteiger partial charge is 0.265 e. The van der Waals surface area contributed by atoms with Crippen LogP contribution in [0.4, 0.5) is 17.2 Å². The van der Waals surface area contributed by atoms with Gasteiger partial charge in [-0.05, 0) is 60.7 Å². The van der Waals surface area contributed by atoms with Crippen molar-refractivity contribution >= 4 is 39.8 Å². The highest BCUT2D eigenvalue weighted by atomic mass is 16.5. The molecule has 0 spiro atoms. The van der Waals surface area contributed by atoms with Crippen LogP contribution in [-0.4, -0.2) is 42.7 Å². The zero-order chi connectivity index (χ0) is 22.7. The van der Waals surface area contributed by atoms with E-state index in [2.05, 4.69) is 10.3 Å². The number of nitrogens with one attached hydrogen (secondary N) is 1. The molecular formula is C24H26N4O4. The first-order valence-corrected chi connectivity index (χ1v) is 10.6. The van der Waals surface area contributed by atoms with E-state index in [1.54, 1.807) is 23.2 Å². The molecule has 0 saturated carbocycles. The molecule has 0 bridgehead atoms. The minimum absolute atomic E-state index is 0.0678. The SMILES string of the molecule is CCC(Oc1ccc2ccnc(N)c2c1)C(=O)Nc1ccc(N2CCOCC2=O)c(C)c1. The van der Waals surface area contributed by atoms with Crippen LogP contribution in [-0.2, 0) is 14.3 Å². The van der Waals surface area contributed by atoms with E-state index in [4.69, 9.17) is 15.2 Å². The maximum Gasteiger partial charge on any atom is 0.265 e. The summed E-state index contributed by atoms with van der Waals surface area (Å²) < 4.78 is 11.2. The Morgan fingerprint density at radius 3 is 2.88 bits per heavy atom. The number of aryl methyl sites for hydroxylation is 1. The summed E-state index contributed by atoms with van der Waals surface area (Å²) in [7, 11) is 0. The van der Waals surface area contributed by atoms with E-state index in [9.17, 15) is 9.59 Å². The number of pyridine rings is 1. The van der Waals surface area contributed by atoms with Crippen molar-refractivity contribution < 1.29 is 19.1 Å². The average Bonchev–Trinajstić information content (AvgIpc) is 2.78. The van der Waals surface area contributed by atoms with Crippen molar-refractivity contribution in [3.8, 4) is 5.75 Å². The molecule has 166 valence electrons. The molecule has 1 fully saturated rings. The minimum Gasteiger partial charge on any atom is -0.481 e. The summed E-state index contributed by atoms with van der Waals surface area (Å²) in [6, 6.07) is 12.9. The predicted octanol–water partition coefficient (Wildman–Crippen LogP) is 3.28. The van der Waals surface area contributed by atoms with E-state index in [0.29, 0.717) is 36.8 Å². The lowest BCUT2D eigenvalue weighted by atomic mass is 10.1. The van der Waals surface area contributed by atoms with Gasteiger partial charge in [-0.3, -0.25) is 9.59 Å². The molecule has 1 aromatic heterocycles. The molecule has 8 heteroatoms. The predicted molar refractivity (Wildman–Crippen MR) is 124 cm³/mol. The third-order valence-corrected chi connectivity index (χ3v) is 5.45. The first kappa shape index (κ1) is 21.6. The summed E-state index contributed by atoms with van der Waals surface area (Å²) in [5.74, 6) is 0.652. The van der Waals surface area contributed by atoms with Crippen molar-refractivity contribution in [3.63, 3.8) is 0 Å². The molecule has 1 aliphatic heterocycles. The van der Waals surface area contributed by atoms with Gasteiger partial charge in [0, 0.05) is 29.5 Å². The maximum absolute atomic E-state index is 12.9. The Hall–Kier alpha value is -3.65. The number of rotatable bonds is 6. The summed E-state index contributed by atoms with van der Waals surface area (Å²) in [6.07, 6.45) is 1.47. The number of hydrogen-bond donors (Lipinski definition) is 2. The number of hydrogen-bond acceptors (Lipinski definition) is 6. The molecule has 3 N–H and O–H groups in total. The van der Waals surface area contributed by atoms with Gasteiger partial charge in [0.2, 0.25) is 0 Å². The van der Waals surface area contributed by atoms with Gasteiger partial charge in [-0.15, -0.1) is 0 Å². The van der Waals surface area contributed by atoms with Gasteiger partial charge in [0.1, 0.15) is 18.2 Å². The number of nitrogens with zero attached hydrogens (tertiary/aromatic N) is 2. The van der Waals surface area contributed by atoms with Gasteiger partial charge >= 0.3 is 0 Å². The van der Waals surface area contributed by atoms with Crippen LogP contribution in [0.25, 0.3) is 10.8 Å². The fourth-order valence-corrected chi connectivity index (χ4v) is 3.76. The fraction of sp³-hybridized carbons (Fsp3) is 0.292. The number of aromatic nitrogens is 1. The highest BCUT2D eigenvalue weighted by Crippen LogP contribution is 2.27. The van der Waals surface area contributed by atoms with E-state index >= 15 is 0 Å². The molecule has 32 heavy (non-hydrogen) atoms. The Labute approximate surface area is 186 Å². The molecule has 2 heterocycles. The number of morpholine rings is 1. The third kappa shape index (κ3) is 4.50. The van der Waals surface area contributed by atoms with E-state index in [-0.39, 0.29) is 18.4 Å². The lowest BCUT2D eigenvalue weighted by Crippen LogP contribution is -2.42. The van der Waals surface area contributed by atoms with Crippen molar-refractivity contribution in [1.82, 2.24) is 4.98 Å². The Morgan fingerprint density at radius 2 is 2.12 bits per heavy atom. The van der Waals surface area contributed by atoms with Crippen molar-refractivity contribution in [2.75, 3.05) is 35.7 Å². The molecule has 1 atom stereocenters. The molecule has 4 rings (SSSR count). The molecular weight excluding hydrogens is 408 g/mol. The number of carbonyl (C=O) groups excluding carboxylic acids is 2. The average molecular weight is 434 g/mol. The van der Waals surface area contributed by atoms with Crippen LogP contribution < -0.4 is 20.7 Å². The van der Waals surface area contributed by atoms with Gasteiger partial charge in [0.25, 0.3) is 11.8 Å². The van der Waals surface area contributed by atoms with Crippen molar-refractivity contribution in [2.24, 2.45) is 0 Å². The zero-order valence-electron chi connectivity index (χ0n) is 18.1. The van der Waals surface area contributed by atoms with Crippen LogP contribution in [0.15, 0.2) is 48.7 Å². The maximum atomic E-state index is 12.9. The molecule has 0 aliphatic carbocycles. The summed E-state index contributed by atoms with van der Waals surface area (Å²) in [4.78, 5) is 30.8. The van der Waals surface area contributed by atoms with Gasteiger partial charge in [-0.2, -0.15) is 0 Å². The van der Waals surface area contributed by atoms with Gasteiger partial charge in [-0.1, -0.05) is 13.0 Å². The second-order valence-corrected chi connectivity index (χ2v) is 7.68. The largest absolute Gasteiger partial charge is 0.481 e. The number of nitrogens with two attached hydrogens (primary N) is 1. The molecule has 1 unspecified atom stereocenters. The van der Waals surface area contributed by atoms with Crippen LogP contribution in [0.2, 0.25) is 0 Å². The Balaban J connectivity index is 1.47. The van der Waals surface area contributed by atoms with Crippen molar-refractivity contribution in [1.29, 1.82) is 0 Å². The molecule has 3 aromatic rings. The first-order chi connectivity index (χ1) is 15.5. The van der Waals surface area contributed by atoms with E-state index in [1.807, 2.05) is 44.2 Å². The zero-order valence-corrected chi connectivity index (χ0v) is 18.1. The summed E-state index contributed by atoms with van der Waals surface area (Å²) >= 11 is 0. The number of carbonyl (C=O) groups is 2. The molecule has 1 aliphatic rings. The van der Waals surface area contributed by atoms with Crippen molar-refractivity contribution in [2.45, 2.75) is 26.4 Å². The molecule has 2 aromatic carbocycles. The normalized spacial score (nSPS) is 14.9. The Morgan fingerprint density at radius 1 is 1.28 bits per heavy atom. The van der Waals surface area contributed by atoms with Gasteiger partial charge < -0.3 is 25.4 Å².